The molecule has 106 valence electrons. The highest BCUT2D eigenvalue weighted by atomic mass is 16.2. The van der Waals surface area contributed by atoms with Crippen molar-refractivity contribution in [1.82, 2.24) is 25.4 Å². The molecule has 0 aliphatic heterocycles. The summed E-state index contributed by atoms with van der Waals surface area (Å²) < 4.78 is 0. The average molecular weight is 267 g/mol. The molecule has 0 radical (unpaired) electrons. The maximum absolute atomic E-state index is 12.0. The molecule has 1 rings (SSSR count). The number of carbonyl (C=O) groups excluding carboxylic acids is 2. The molecule has 0 spiro atoms. The lowest BCUT2D eigenvalue weighted by atomic mass is 10.2. The molecule has 19 heavy (non-hydrogen) atoms. The van der Waals surface area contributed by atoms with E-state index in [2.05, 4.69) is 20.5 Å². The zero-order valence-electron chi connectivity index (χ0n) is 11.9. The fourth-order valence-electron chi connectivity index (χ4n) is 1.41. The molecule has 7 heteroatoms. The number of aromatic amines is 1. The quantitative estimate of drug-likeness (QED) is 0.786. The van der Waals surface area contributed by atoms with Crippen molar-refractivity contribution in [1.29, 1.82) is 0 Å². The highest BCUT2D eigenvalue weighted by Gasteiger charge is 2.19. The summed E-state index contributed by atoms with van der Waals surface area (Å²) in [6, 6.07) is 0. The predicted octanol–water partition coefficient (Wildman–Crippen LogP) is 0.526. The lowest BCUT2D eigenvalue weighted by Gasteiger charge is -2.14. The molecule has 0 saturated carbocycles. The maximum Gasteiger partial charge on any atom is 0.293 e. The smallest absolute Gasteiger partial charge is 0.293 e. The topological polar surface area (TPSA) is 91.0 Å². The van der Waals surface area contributed by atoms with E-state index >= 15 is 0 Å². The van der Waals surface area contributed by atoms with Gasteiger partial charge in [0.25, 0.3) is 5.91 Å². The minimum atomic E-state index is -0.366. The minimum Gasteiger partial charge on any atom is -0.355 e. The van der Waals surface area contributed by atoms with Crippen molar-refractivity contribution < 1.29 is 9.59 Å². The van der Waals surface area contributed by atoms with Crippen molar-refractivity contribution >= 4 is 11.8 Å². The van der Waals surface area contributed by atoms with Gasteiger partial charge in [-0.2, -0.15) is 0 Å². The fourth-order valence-corrected chi connectivity index (χ4v) is 1.41. The number of rotatable bonds is 6. The van der Waals surface area contributed by atoms with Crippen LogP contribution in [0, 0.1) is 0 Å². The van der Waals surface area contributed by atoms with Crippen LogP contribution in [0.25, 0.3) is 0 Å². The van der Waals surface area contributed by atoms with Gasteiger partial charge in [0.05, 0.1) is 6.54 Å². The fraction of sp³-hybridized carbons (Fsp3) is 0.667. The van der Waals surface area contributed by atoms with E-state index in [1.807, 2.05) is 20.8 Å². The molecule has 1 heterocycles. The summed E-state index contributed by atoms with van der Waals surface area (Å²) in [5, 5.41) is 9.30. The molecule has 2 N–H and O–H groups in total. The predicted molar refractivity (Wildman–Crippen MR) is 70.7 cm³/mol. The number of H-pyrrole nitrogens is 1. The molecule has 0 aliphatic carbocycles. The summed E-state index contributed by atoms with van der Waals surface area (Å²) in [7, 11) is 1.55. The highest BCUT2D eigenvalue weighted by Crippen LogP contribution is 2.08. The number of carbonyl (C=O) groups is 2. The summed E-state index contributed by atoms with van der Waals surface area (Å²) in [4.78, 5) is 28.9. The van der Waals surface area contributed by atoms with Gasteiger partial charge in [-0.25, -0.2) is 4.98 Å². The second kappa shape index (κ2) is 6.86. The first-order valence-electron chi connectivity index (χ1n) is 6.40. The van der Waals surface area contributed by atoms with Crippen molar-refractivity contribution in [2.45, 2.75) is 33.1 Å². The molecule has 0 bridgehead atoms. The Morgan fingerprint density at radius 1 is 1.42 bits per heavy atom. The number of amides is 2. The Bertz CT molecular complexity index is 441. The van der Waals surface area contributed by atoms with E-state index in [0.717, 1.165) is 6.42 Å². The average Bonchev–Trinajstić information content (AvgIpc) is 2.84. The van der Waals surface area contributed by atoms with Crippen LogP contribution < -0.4 is 5.32 Å². The molecule has 1 aromatic heterocycles. The first-order valence-corrected chi connectivity index (χ1v) is 6.40. The Hall–Kier alpha value is -1.92. The molecule has 2 amide bonds. The number of hydrogen-bond acceptors (Lipinski definition) is 4. The molecular formula is C12H21N5O2. The molecule has 7 nitrogen and oxygen atoms in total. The van der Waals surface area contributed by atoms with E-state index < -0.39 is 0 Å². The van der Waals surface area contributed by atoms with Crippen molar-refractivity contribution in [3.63, 3.8) is 0 Å². The van der Waals surface area contributed by atoms with Crippen LogP contribution >= 0.6 is 0 Å². The SMILES string of the molecule is CCCNC(=O)CN(C)C(=O)c1n[nH]c(C(C)C)n1. The van der Waals surface area contributed by atoms with Crippen LogP contribution in [0.3, 0.4) is 0 Å². The van der Waals surface area contributed by atoms with Crippen molar-refractivity contribution in [2.75, 3.05) is 20.1 Å². The van der Waals surface area contributed by atoms with Crippen LogP contribution in [0.2, 0.25) is 0 Å². The zero-order valence-corrected chi connectivity index (χ0v) is 11.9. The van der Waals surface area contributed by atoms with Gasteiger partial charge < -0.3 is 10.2 Å². The van der Waals surface area contributed by atoms with Crippen LogP contribution in [0.15, 0.2) is 0 Å². The van der Waals surface area contributed by atoms with E-state index in [1.165, 1.54) is 4.90 Å². The van der Waals surface area contributed by atoms with E-state index in [0.29, 0.717) is 12.4 Å². The van der Waals surface area contributed by atoms with Gasteiger partial charge in [0.1, 0.15) is 5.82 Å². The van der Waals surface area contributed by atoms with Crippen LogP contribution in [0.5, 0.6) is 0 Å². The van der Waals surface area contributed by atoms with Crippen molar-refractivity contribution in [3.8, 4) is 0 Å². The summed E-state index contributed by atoms with van der Waals surface area (Å²) in [6.07, 6.45) is 0.863. The summed E-state index contributed by atoms with van der Waals surface area (Å²) in [6.45, 7) is 6.49. The number of likely N-dealkylation sites (N-methyl/N-ethyl adjacent to an activating group) is 1. The van der Waals surface area contributed by atoms with Gasteiger partial charge in [-0.1, -0.05) is 20.8 Å². The monoisotopic (exact) mass is 267 g/mol. The Morgan fingerprint density at radius 3 is 2.63 bits per heavy atom. The van der Waals surface area contributed by atoms with E-state index in [4.69, 9.17) is 0 Å². The third-order valence-corrected chi connectivity index (χ3v) is 2.54. The van der Waals surface area contributed by atoms with Gasteiger partial charge in [0.15, 0.2) is 0 Å². The lowest BCUT2D eigenvalue weighted by Crippen LogP contribution is -2.39. The van der Waals surface area contributed by atoms with Crippen molar-refractivity contribution in [2.24, 2.45) is 0 Å². The Kier molecular flexibility index (Phi) is 5.47. The van der Waals surface area contributed by atoms with Gasteiger partial charge >= 0.3 is 0 Å². The van der Waals surface area contributed by atoms with Crippen LogP contribution in [-0.2, 0) is 4.79 Å². The number of nitrogens with zero attached hydrogens (tertiary/aromatic N) is 3. The number of nitrogens with one attached hydrogen (secondary N) is 2. The largest absolute Gasteiger partial charge is 0.355 e. The van der Waals surface area contributed by atoms with E-state index in [1.54, 1.807) is 7.05 Å². The first-order chi connectivity index (χ1) is 8.95. The molecule has 1 aromatic rings. The molecular weight excluding hydrogens is 246 g/mol. The number of hydrogen-bond donors (Lipinski definition) is 2. The van der Waals surface area contributed by atoms with Crippen LogP contribution in [0.1, 0.15) is 49.6 Å². The van der Waals surface area contributed by atoms with Crippen molar-refractivity contribution in [3.05, 3.63) is 11.6 Å². The summed E-state index contributed by atoms with van der Waals surface area (Å²) >= 11 is 0. The molecule has 0 aromatic carbocycles. The number of aromatic nitrogens is 3. The molecule has 0 atom stereocenters. The van der Waals surface area contributed by atoms with Gasteiger partial charge in [-0.15, -0.1) is 5.10 Å². The Balaban J connectivity index is 2.58. The Labute approximate surface area is 112 Å². The third-order valence-electron chi connectivity index (χ3n) is 2.54. The highest BCUT2D eigenvalue weighted by molar-refractivity contribution is 5.93. The minimum absolute atomic E-state index is 0.00435. The second-order valence-electron chi connectivity index (χ2n) is 4.71. The molecule has 0 aliphatic rings. The summed E-state index contributed by atoms with van der Waals surface area (Å²) in [5.41, 5.74) is 0. The van der Waals surface area contributed by atoms with E-state index in [9.17, 15) is 9.59 Å². The first kappa shape index (κ1) is 15.1. The maximum atomic E-state index is 12.0. The molecule has 0 fully saturated rings. The van der Waals surface area contributed by atoms with Crippen LogP contribution in [-0.4, -0.2) is 52.0 Å². The van der Waals surface area contributed by atoms with Gasteiger partial charge in [-0.05, 0) is 6.42 Å². The van der Waals surface area contributed by atoms with Gasteiger partial charge in [0.2, 0.25) is 11.7 Å². The zero-order chi connectivity index (χ0) is 14.4. The summed E-state index contributed by atoms with van der Waals surface area (Å²) in [5.74, 6) is 0.376. The normalized spacial score (nSPS) is 10.6. The molecule has 0 saturated heterocycles. The standard InChI is InChI=1S/C12H21N5O2/c1-5-6-13-9(18)7-17(4)12(19)11-14-10(8(2)3)15-16-11/h8H,5-7H2,1-4H3,(H,13,18)(H,14,15,16). The van der Waals surface area contributed by atoms with Gasteiger partial charge in [0, 0.05) is 19.5 Å². The lowest BCUT2D eigenvalue weighted by molar-refractivity contribution is -0.121. The van der Waals surface area contributed by atoms with Crippen LogP contribution in [0.4, 0.5) is 0 Å². The Morgan fingerprint density at radius 2 is 2.11 bits per heavy atom. The third kappa shape index (κ3) is 4.35. The molecule has 0 unspecified atom stereocenters. The van der Waals surface area contributed by atoms with E-state index in [-0.39, 0.29) is 30.1 Å². The van der Waals surface area contributed by atoms with Gasteiger partial charge in [-0.3, -0.25) is 14.7 Å². The second-order valence-corrected chi connectivity index (χ2v) is 4.71.